The third kappa shape index (κ3) is 3.45. The van der Waals surface area contributed by atoms with Crippen LogP contribution >= 0.6 is 11.3 Å². The van der Waals surface area contributed by atoms with Gasteiger partial charge in [0.1, 0.15) is 5.75 Å². The molecule has 146 valence electrons. The highest BCUT2D eigenvalue weighted by atomic mass is 32.1. The van der Waals surface area contributed by atoms with Gasteiger partial charge in [-0.1, -0.05) is 23.5 Å². The van der Waals surface area contributed by atoms with Crippen molar-refractivity contribution < 1.29 is 9.53 Å². The van der Waals surface area contributed by atoms with Crippen LogP contribution in [0.2, 0.25) is 0 Å². The second kappa shape index (κ2) is 7.60. The van der Waals surface area contributed by atoms with E-state index in [1.54, 1.807) is 24.1 Å². The summed E-state index contributed by atoms with van der Waals surface area (Å²) >= 11 is 1.32. The predicted octanol–water partition coefficient (Wildman–Crippen LogP) is 2.23. The summed E-state index contributed by atoms with van der Waals surface area (Å²) in [5.74, 6) is 0.611. The molecule has 0 spiro atoms. The fraction of sp³-hybridized carbons (Fsp3) is 0.182. The van der Waals surface area contributed by atoms with Gasteiger partial charge in [0.25, 0.3) is 5.56 Å². The summed E-state index contributed by atoms with van der Waals surface area (Å²) in [5, 5.41) is 0. The number of hydrogen-bond acceptors (Lipinski definition) is 6. The minimum Gasteiger partial charge on any atom is -0.497 e. The molecule has 4 rings (SSSR count). The molecule has 0 unspecified atom stereocenters. The molecule has 0 saturated heterocycles. The number of ether oxygens (including phenoxy) is 1. The minimum absolute atomic E-state index is 0.101. The molecule has 3 aromatic rings. The summed E-state index contributed by atoms with van der Waals surface area (Å²) in [6, 6.07) is 10.6. The van der Waals surface area contributed by atoms with Gasteiger partial charge in [-0.15, -0.1) is 0 Å². The first-order valence-corrected chi connectivity index (χ1v) is 9.88. The molecular weight excluding hydrogens is 386 g/mol. The Bertz CT molecular complexity index is 1290. The number of benzene rings is 1. The third-order valence-corrected chi connectivity index (χ3v) is 5.82. The number of rotatable bonds is 4. The number of aromatic nitrogens is 2. The average molecular weight is 405 g/mol. The van der Waals surface area contributed by atoms with Gasteiger partial charge >= 0.3 is 0 Å². The van der Waals surface area contributed by atoms with Gasteiger partial charge in [-0.2, -0.15) is 0 Å². The van der Waals surface area contributed by atoms with E-state index < -0.39 is 6.04 Å². The molecule has 0 saturated carbocycles. The van der Waals surface area contributed by atoms with Crippen LogP contribution in [0.5, 0.6) is 5.75 Å². The van der Waals surface area contributed by atoms with E-state index in [2.05, 4.69) is 9.98 Å². The highest BCUT2D eigenvalue weighted by Crippen LogP contribution is 2.31. The van der Waals surface area contributed by atoms with Crippen LogP contribution in [0.25, 0.3) is 6.08 Å². The normalized spacial score (nSPS) is 16.4. The topological polar surface area (TPSA) is 73.6 Å². The van der Waals surface area contributed by atoms with Gasteiger partial charge in [-0.05, 0) is 55.3 Å². The molecule has 29 heavy (non-hydrogen) atoms. The highest BCUT2D eigenvalue weighted by molar-refractivity contribution is 7.07. The van der Waals surface area contributed by atoms with Crippen LogP contribution in [0.1, 0.15) is 31.0 Å². The lowest BCUT2D eigenvalue weighted by Crippen LogP contribution is -2.39. The van der Waals surface area contributed by atoms with Crippen molar-refractivity contribution in [2.24, 2.45) is 4.99 Å². The smallest absolute Gasteiger partial charge is 0.271 e. The van der Waals surface area contributed by atoms with Gasteiger partial charge in [0.05, 0.1) is 17.7 Å². The molecule has 0 N–H and O–H groups in total. The zero-order valence-electron chi connectivity index (χ0n) is 16.2. The molecule has 0 radical (unpaired) electrons. The number of nitrogens with zero attached hydrogens (tertiary/aromatic N) is 3. The van der Waals surface area contributed by atoms with Crippen LogP contribution in [0, 0.1) is 0 Å². The molecule has 1 aliphatic rings. The standard InChI is InChI=1S/C22H19N3O3S/c1-13-19(14(2)26)20(16-4-6-17(28-3)7-5-16)25-21(27)18(29-22(25)24-13)12-15-8-10-23-11-9-15/h4-12,20H,1-3H3/b18-12+/t20-/m1/s1. The first-order valence-electron chi connectivity index (χ1n) is 9.07. The van der Waals surface area contributed by atoms with Crippen molar-refractivity contribution in [2.45, 2.75) is 19.9 Å². The van der Waals surface area contributed by atoms with E-state index in [-0.39, 0.29) is 11.3 Å². The first kappa shape index (κ1) is 19.0. The molecule has 0 aliphatic carbocycles. The second-order valence-corrected chi connectivity index (χ2v) is 7.70. The molecule has 0 fully saturated rings. The molecule has 2 aromatic heterocycles. The third-order valence-electron chi connectivity index (χ3n) is 4.84. The number of thiazole rings is 1. The summed E-state index contributed by atoms with van der Waals surface area (Å²) in [7, 11) is 1.60. The summed E-state index contributed by atoms with van der Waals surface area (Å²) in [4.78, 5) is 34.9. The van der Waals surface area contributed by atoms with E-state index in [1.807, 2.05) is 49.4 Å². The largest absolute Gasteiger partial charge is 0.497 e. The van der Waals surface area contributed by atoms with Crippen LogP contribution < -0.4 is 19.6 Å². The molecule has 0 amide bonds. The lowest BCUT2D eigenvalue weighted by Gasteiger charge is -2.24. The average Bonchev–Trinajstić information content (AvgIpc) is 3.02. The Morgan fingerprint density at radius 2 is 1.86 bits per heavy atom. The molecule has 6 nitrogen and oxygen atoms in total. The Morgan fingerprint density at radius 3 is 2.48 bits per heavy atom. The van der Waals surface area contributed by atoms with Crippen molar-refractivity contribution in [3.63, 3.8) is 0 Å². The van der Waals surface area contributed by atoms with Gasteiger partial charge in [0.15, 0.2) is 10.6 Å². The Kier molecular flexibility index (Phi) is 4.98. The van der Waals surface area contributed by atoms with E-state index in [4.69, 9.17) is 4.74 Å². The van der Waals surface area contributed by atoms with E-state index in [0.717, 1.165) is 11.1 Å². The number of allylic oxidation sites excluding steroid dienone is 2. The summed E-state index contributed by atoms with van der Waals surface area (Å²) in [5.41, 5.74) is 2.71. The second-order valence-electron chi connectivity index (χ2n) is 6.69. The molecule has 0 bridgehead atoms. The van der Waals surface area contributed by atoms with Crippen molar-refractivity contribution in [3.8, 4) is 5.75 Å². The van der Waals surface area contributed by atoms with Crippen LogP contribution in [0.3, 0.4) is 0 Å². The lowest BCUT2D eigenvalue weighted by atomic mass is 9.93. The van der Waals surface area contributed by atoms with Crippen molar-refractivity contribution in [3.05, 3.63) is 90.9 Å². The van der Waals surface area contributed by atoms with Crippen molar-refractivity contribution in [1.82, 2.24) is 9.55 Å². The van der Waals surface area contributed by atoms with Crippen LogP contribution in [-0.4, -0.2) is 22.4 Å². The fourth-order valence-corrected chi connectivity index (χ4v) is 4.53. The van der Waals surface area contributed by atoms with E-state index in [9.17, 15) is 9.59 Å². The minimum atomic E-state index is -0.519. The van der Waals surface area contributed by atoms with Gasteiger partial charge in [0, 0.05) is 23.7 Å². The van der Waals surface area contributed by atoms with Crippen molar-refractivity contribution >= 4 is 23.2 Å². The number of Topliss-reactive ketones (excluding diaryl/α,β-unsaturated/α-hetero) is 1. The van der Waals surface area contributed by atoms with Crippen LogP contribution in [-0.2, 0) is 4.79 Å². The number of ketones is 1. The molecule has 1 atom stereocenters. The van der Waals surface area contributed by atoms with E-state index in [0.29, 0.717) is 26.4 Å². The fourth-order valence-electron chi connectivity index (χ4n) is 3.48. The monoisotopic (exact) mass is 405 g/mol. The van der Waals surface area contributed by atoms with Gasteiger partial charge in [0.2, 0.25) is 0 Å². The molecule has 7 heteroatoms. The van der Waals surface area contributed by atoms with Gasteiger partial charge < -0.3 is 4.74 Å². The van der Waals surface area contributed by atoms with Crippen molar-refractivity contribution in [1.29, 1.82) is 0 Å². The Morgan fingerprint density at radius 1 is 1.17 bits per heavy atom. The molecular formula is C22H19N3O3S. The number of hydrogen-bond donors (Lipinski definition) is 0. The Labute approximate surface area is 171 Å². The first-order chi connectivity index (χ1) is 14.0. The molecule has 3 heterocycles. The number of carbonyl (C=O) groups is 1. The zero-order chi connectivity index (χ0) is 20.5. The van der Waals surface area contributed by atoms with Crippen LogP contribution in [0.4, 0.5) is 0 Å². The van der Waals surface area contributed by atoms with E-state index in [1.165, 1.54) is 18.3 Å². The van der Waals surface area contributed by atoms with Crippen molar-refractivity contribution in [2.75, 3.05) is 7.11 Å². The van der Waals surface area contributed by atoms with Crippen LogP contribution in [0.15, 0.2) is 69.8 Å². The number of carbonyl (C=O) groups excluding carboxylic acids is 1. The van der Waals surface area contributed by atoms with Gasteiger partial charge in [-0.25, -0.2) is 4.99 Å². The highest BCUT2D eigenvalue weighted by Gasteiger charge is 2.30. The lowest BCUT2D eigenvalue weighted by molar-refractivity contribution is -0.114. The van der Waals surface area contributed by atoms with E-state index >= 15 is 0 Å². The number of pyridine rings is 1. The molecule has 1 aromatic carbocycles. The summed E-state index contributed by atoms with van der Waals surface area (Å²) in [6.45, 7) is 3.32. The molecule has 1 aliphatic heterocycles. The SMILES string of the molecule is COc1ccc([C@@H]2C(C(C)=O)=C(C)N=c3s/c(=C/c4ccncc4)c(=O)n32)cc1. The maximum Gasteiger partial charge on any atom is 0.271 e. The maximum absolute atomic E-state index is 13.3. The number of fused-ring (bicyclic) bond motifs is 1. The maximum atomic E-state index is 13.3. The zero-order valence-corrected chi connectivity index (χ0v) is 17.1. The summed E-state index contributed by atoms with van der Waals surface area (Å²) < 4.78 is 7.42. The quantitative estimate of drug-likeness (QED) is 0.667. The predicted molar refractivity (Wildman–Crippen MR) is 112 cm³/mol. The Balaban J connectivity index is 1.96. The van der Waals surface area contributed by atoms with Gasteiger partial charge in [-0.3, -0.25) is 19.1 Å². The Hall–Kier alpha value is -3.32. The summed E-state index contributed by atoms with van der Waals surface area (Å²) in [6.07, 6.45) is 5.19. The number of methoxy groups -OCH3 is 1.